The van der Waals surface area contributed by atoms with Crippen molar-refractivity contribution in [3.05, 3.63) is 42.0 Å². The van der Waals surface area contributed by atoms with Gasteiger partial charge < -0.3 is 10.4 Å². The second-order valence-electron chi connectivity index (χ2n) is 2.51. The molecule has 1 aromatic carbocycles. The number of thiocarbonyl (C=S) groups is 1. The maximum atomic E-state index is 9.56. The highest BCUT2D eigenvalue weighted by atomic mass is 32.1. The van der Waals surface area contributed by atoms with Crippen LogP contribution in [0.3, 0.4) is 0 Å². The molecule has 0 atom stereocenters. The van der Waals surface area contributed by atoms with Crippen molar-refractivity contribution in [1.29, 1.82) is 0 Å². The third-order valence-electron chi connectivity index (χ3n) is 1.58. The molecule has 0 radical (unpaired) electrons. The van der Waals surface area contributed by atoms with E-state index in [1.165, 1.54) is 6.08 Å². The summed E-state index contributed by atoms with van der Waals surface area (Å²) in [7, 11) is 1.72. The molecule has 0 spiro atoms. The highest BCUT2D eigenvalue weighted by Crippen LogP contribution is 2.09. The van der Waals surface area contributed by atoms with Gasteiger partial charge in [-0.2, -0.15) is 0 Å². The molecule has 1 rings (SSSR count). The van der Waals surface area contributed by atoms with E-state index >= 15 is 0 Å². The summed E-state index contributed by atoms with van der Waals surface area (Å²) in [6.45, 7) is 0. The van der Waals surface area contributed by atoms with E-state index in [1.807, 2.05) is 30.3 Å². The fourth-order valence-corrected chi connectivity index (χ4v) is 1.00. The van der Waals surface area contributed by atoms with Crippen LogP contribution < -0.4 is 5.32 Å². The van der Waals surface area contributed by atoms with Gasteiger partial charge >= 0.3 is 0 Å². The van der Waals surface area contributed by atoms with Crippen molar-refractivity contribution in [1.82, 2.24) is 5.32 Å². The Morgan fingerprint density at radius 1 is 1.38 bits per heavy atom. The minimum Gasteiger partial charge on any atom is -0.507 e. The number of rotatable bonds is 2. The second-order valence-corrected chi connectivity index (χ2v) is 2.95. The highest BCUT2D eigenvalue weighted by molar-refractivity contribution is 7.80. The minimum atomic E-state index is 0.181. The molecule has 0 bridgehead atoms. The van der Waals surface area contributed by atoms with Gasteiger partial charge in [-0.3, -0.25) is 0 Å². The van der Waals surface area contributed by atoms with Crippen LogP contribution in [0.2, 0.25) is 0 Å². The fourth-order valence-electron chi connectivity index (χ4n) is 0.889. The molecule has 0 saturated heterocycles. The molecule has 0 aliphatic heterocycles. The smallest absolute Gasteiger partial charge is 0.125 e. The summed E-state index contributed by atoms with van der Waals surface area (Å²) in [6, 6.07) is 9.27. The molecule has 0 heterocycles. The Bertz CT molecular complexity index is 319. The third-order valence-corrected chi connectivity index (χ3v) is 1.91. The molecule has 0 amide bonds. The van der Waals surface area contributed by atoms with E-state index in [9.17, 15) is 5.11 Å². The fraction of sp³-hybridized carbons (Fsp3) is 0.100. The van der Waals surface area contributed by atoms with Gasteiger partial charge in [0.2, 0.25) is 0 Å². The van der Waals surface area contributed by atoms with Crippen LogP contribution in [0.25, 0.3) is 5.76 Å². The Labute approximate surface area is 82.9 Å². The van der Waals surface area contributed by atoms with Crippen LogP contribution in [0.4, 0.5) is 0 Å². The molecule has 0 aromatic heterocycles. The standard InChI is InChI=1S/C10H11NOS/c1-11-10(13)7-9(12)8-5-3-2-4-6-8/h2-7,12H,1H3,(H,11,13)/b9-7+. The largest absolute Gasteiger partial charge is 0.507 e. The van der Waals surface area contributed by atoms with E-state index < -0.39 is 0 Å². The first-order valence-electron chi connectivity index (χ1n) is 3.92. The maximum Gasteiger partial charge on any atom is 0.125 e. The van der Waals surface area contributed by atoms with Crippen LogP contribution >= 0.6 is 12.2 Å². The van der Waals surface area contributed by atoms with Crippen molar-refractivity contribution in [2.24, 2.45) is 0 Å². The highest BCUT2D eigenvalue weighted by Gasteiger charge is 1.97. The lowest BCUT2D eigenvalue weighted by Gasteiger charge is -2.00. The van der Waals surface area contributed by atoms with Gasteiger partial charge in [0.1, 0.15) is 10.7 Å². The molecule has 0 fully saturated rings. The number of aliphatic hydroxyl groups excluding tert-OH is 1. The third kappa shape index (κ3) is 2.87. The van der Waals surface area contributed by atoms with Gasteiger partial charge in [-0.1, -0.05) is 42.5 Å². The van der Waals surface area contributed by atoms with Crippen LogP contribution in [0, 0.1) is 0 Å². The van der Waals surface area contributed by atoms with Crippen molar-refractivity contribution < 1.29 is 5.11 Å². The molecular formula is C10H11NOS. The topological polar surface area (TPSA) is 32.3 Å². The maximum absolute atomic E-state index is 9.56. The van der Waals surface area contributed by atoms with Gasteiger partial charge in [0.15, 0.2) is 0 Å². The predicted molar refractivity (Wildman–Crippen MR) is 58.7 cm³/mol. The molecule has 0 saturated carbocycles. The molecule has 1 aromatic rings. The summed E-state index contributed by atoms with van der Waals surface area (Å²) in [5, 5.41) is 12.3. The zero-order valence-corrected chi connectivity index (χ0v) is 8.14. The Balaban J connectivity index is 2.85. The summed E-state index contributed by atoms with van der Waals surface area (Å²) in [5.41, 5.74) is 0.764. The van der Waals surface area contributed by atoms with Crippen LogP contribution in [0.15, 0.2) is 36.4 Å². The Kier molecular flexibility index (Phi) is 3.46. The Morgan fingerprint density at radius 3 is 2.54 bits per heavy atom. The monoisotopic (exact) mass is 193 g/mol. The Morgan fingerprint density at radius 2 is 2.00 bits per heavy atom. The average molecular weight is 193 g/mol. The summed E-state index contributed by atoms with van der Waals surface area (Å²) < 4.78 is 0. The lowest BCUT2D eigenvalue weighted by molar-refractivity contribution is 0.512. The van der Waals surface area contributed by atoms with Crippen molar-refractivity contribution in [2.75, 3.05) is 7.05 Å². The van der Waals surface area contributed by atoms with Crippen molar-refractivity contribution >= 4 is 23.0 Å². The SMILES string of the molecule is CNC(=S)/C=C(/O)c1ccccc1. The molecular weight excluding hydrogens is 182 g/mol. The Hall–Kier alpha value is -1.35. The van der Waals surface area contributed by atoms with Crippen LogP contribution in [0.1, 0.15) is 5.56 Å². The zero-order valence-electron chi connectivity index (χ0n) is 7.32. The summed E-state index contributed by atoms with van der Waals surface area (Å²) in [6.07, 6.45) is 1.52. The lowest BCUT2D eigenvalue weighted by Crippen LogP contribution is -2.12. The van der Waals surface area contributed by atoms with Gasteiger partial charge in [0, 0.05) is 18.7 Å². The lowest BCUT2D eigenvalue weighted by atomic mass is 10.2. The van der Waals surface area contributed by atoms with Crippen molar-refractivity contribution in [3.63, 3.8) is 0 Å². The molecule has 0 aliphatic carbocycles. The minimum absolute atomic E-state index is 0.181. The normalized spacial score (nSPS) is 11.0. The first kappa shape index (κ1) is 9.74. The van der Waals surface area contributed by atoms with Gasteiger partial charge in [-0.25, -0.2) is 0 Å². The number of hydrogen-bond donors (Lipinski definition) is 2. The molecule has 2 nitrogen and oxygen atoms in total. The number of benzene rings is 1. The van der Waals surface area contributed by atoms with Crippen LogP contribution in [-0.4, -0.2) is 17.1 Å². The van der Waals surface area contributed by atoms with Gasteiger partial charge in [-0.15, -0.1) is 0 Å². The quantitative estimate of drug-likeness (QED) is 0.429. The molecule has 68 valence electrons. The van der Waals surface area contributed by atoms with Crippen LogP contribution in [0.5, 0.6) is 0 Å². The van der Waals surface area contributed by atoms with E-state index in [2.05, 4.69) is 5.32 Å². The summed E-state index contributed by atoms with van der Waals surface area (Å²) in [4.78, 5) is 0.515. The van der Waals surface area contributed by atoms with E-state index in [4.69, 9.17) is 12.2 Å². The molecule has 0 unspecified atom stereocenters. The van der Waals surface area contributed by atoms with E-state index in [0.717, 1.165) is 5.56 Å². The van der Waals surface area contributed by atoms with Gasteiger partial charge in [0.05, 0.1) is 0 Å². The molecule has 0 aliphatic rings. The van der Waals surface area contributed by atoms with Gasteiger partial charge in [-0.05, 0) is 0 Å². The van der Waals surface area contributed by atoms with Crippen LogP contribution in [-0.2, 0) is 0 Å². The first-order chi connectivity index (χ1) is 6.24. The second kappa shape index (κ2) is 4.62. The molecule has 13 heavy (non-hydrogen) atoms. The van der Waals surface area contributed by atoms with E-state index in [0.29, 0.717) is 4.99 Å². The number of nitrogens with one attached hydrogen (secondary N) is 1. The average Bonchev–Trinajstić information content (AvgIpc) is 2.19. The van der Waals surface area contributed by atoms with Crippen molar-refractivity contribution in [3.8, 4) is 0 Å². The summed E-state index contributed by atoms with van der Waals surface area (Å²) >= 11 is 4.88. The number of hydrogen-bond acceptors (Lipinski definition) is 2. The van der Waals surface area contributed by atoms with Gasteiger partial charge in [0.25, 0.3) is 0 Å². The predicted octanol–water partition coefficient (Wildman–Crippen LogP) is 2.13. The molecule has 3 heteroatoms. The molecule has 2 N–H and O–H groups in total. The van der Waals surface area contributed by atoms with E-state index in [-0.39, 0.29) is 5.76 Å². The number of likely N-dealkylation sites (N-methyl/N-ethyl adjacent to an activating group) is 1. The zero-order chi connectivity index (χ0) is 9.68. The number of aliphatic hydroxyl groups is 1. The van der Waals surface area contributed by atoms with E-state index in [1.54, 1.807) is 7.05 Å². The van der Waals surface area contributed by atoms with Crippen molar-refractivity contribution in [2.45, 2.75) is 0 Å². The summed E-state index contributed by atoms with van der Waals surface area (Å²) in [5.74, 6) is 0.181. The first-order valence-corrected chi connectivity index (χ1v) is 4.32.